The van der Waals surface area contributed by atoms with Gasteiger partial charge in [-0.3, -0.25) is 9.59 Å². The predicted octanol–water partition coefficient (Wildman–Crippen LogP) is 1.24. The van der Waals surface area contributed by atoms with Crippen LogP contribution in [-0.2, 0) is 28.6 Å². The van der Waals surface area contributed by atoms with Crippen LogP contribution >= 0.6 is 11.8 Å². The quantitative estimate of drug-likeness (QED) is 0.446. The molecule has 1 unspecified atom stereocenters. The second kappa shape index (κ2) is 10.5. The molecule has 28 heavy (non-hydrogen) atoms. The number of carbonyl (C=O) groups is 4. The predicted molar refractivity (Wildman–Crippen MR) is 104 cm³/mol. The first-order valence-electron chi connectivity index (χ1n) is 9.09. The summed E-state index contributed by atoms with van der Waals surface area (Å²) in [7, 11) is 1.22. The van der Waals surface area contributed by atoms with Gasteiger partial charge in [-0.2, -0.15) is 11.8 Å². The summed E-state index contributed by atoms with van der Waals surface area (Å²) in [5, 5.41) is 5.02. The summed E-state index contributed by atoms with van der Waals surface area (Å²) < 4.78 is 14.9. The Morgan fingerprint density at radius 3 is 2.43 bits per heavy atom. The van der Waals surface area contributed by atoms with Crippen molar-refractivity contribution in [3.63, 3.8) is 0 Å². The molecule has 0 bridgehead atoms. The smallest absolute Gasteiger partial charge is 0.408 e. The Bertz CT molecular complexity index is 591. The number of carbonyl (C=O) groups excluding carboxylic acids is 4. The summed E-state index contributed by atoms with van der Waals surface area (Å²) in [6, 6.07) is -1.81. The van der Waals surface area contributed by atoms with E-state index in [4.69, 9.17) is 9.47 Å². The Morgan fingerprint density at radius 2 is 1.93 bits per heavy atom. The molecular formula is C18H30N2O7S. The Balaban J connectivity index is 2.68. The molecule has 1 fully saturated rings. The van der Waals surface area contributed by atoms with Crippen LogP contribution in [0.3, 0.4) is 0 Å². The lowest BCUT2D eigenvalue weighted by Gasteiger charge is -2.24. The molecule has 1 aliphatic heterocycles. The van der Waals surface area contributed by atoms with Crippen molar-refractivity contribution < 1.29 is 33.4 Å². The van der Waals surface area contributed by atoms with Crippen molar-refractivity contribution in [2.75, 3.05) is 18.6 Å². The molecule has 0 saturated carbocycles. The summed E-state index contributed by atoms with van der Waals surface area (Å²) in [6.07, 6.45) is -0.229. The lowest BCUT2D eigenvalue weighted by molar-refractivity contribution is -0.144. The lowest BCUT2D eigenvalue weighted by Crippen LogP contribution is -2.53. The molecule has 4 atom stereocenters. The van der Waals surface area contributed by atoms with Crippen molar-refractivity contribution in [3.8, 4) is 0 Å². The molecule has 0 aromatic heterocycles. The first-order valence-corrected chi connectivity index (χ1v) is 10.2. The molecule has 2 amide bonds. The van der Waals surface area contributed by atoms with Gasteiger partial charge < -0.3 is 24.8 Å². The van der Waals surface area contributed by atoms with Crippen molar-refractivity contribution in [3.05, 3.63) is 0 Å². The van der Waals surface area contributed by atoms with Crippen LogP contribution in [0.1, 0.15) is 41.0 Å². The first kappa shape index (κ1) is 24.1. The van der Waals surface area contributed by atoms with Crippen molar-refractivity contribution in [1.82, 2.24) is 10.6 Å². The van der Waals surface area contributed by atoms with Gasteiger partial charge in [0.1, 0.15) is 17.7 Å². The molecule has 0 aliphatic carbocycles. The number of hydrogen-bond donors (Lipinski definition) is 2. The number of hydrogen-bond acceptors (Lipinski definition) is 8. The number of esters is 2. The monoisotopic (exact) mass is 418 g/mol. The number of methoxy groups -OCH3 is 1. The van der Waals surface area contributed by atoms with Gasteiger partial charge in [0.25, 0.3) is 0 Å². The van der Waals surface area contributed by atoms with Crippen molar-refractivity contribution in [2.45, 2.75) is 64.8 Å². The maximum Gasteiger partial charge on any atom is 0.408 e. The molecule has 0 radical (unpaired) electrons. The van der Waals surface area contributed by atoms with Gasteiger partial charge in [-0.05, 0) is 41.0 Å². The van der Waals surface area contributed by atoms with E-state index in [1.54, 1.807) is 20.8 Å². The maximum atomic E-state index is 12.5. The summed E-state index contributed by atoms with van der Waals surface area (Å²) in [4.78, 5) is 47.9. The molecule has 1 rings (SSSR count). The van der Waals surface area contributed by atoms with E-state index in [0.29, 0.717) is 12.2 Å². The van der Waals surface area contributed by atoms with Crippen LogP contribution < -0.4 is 10.6 Å². The zero-order chi connectivity index (χ0) is 21.5. The number of ether oxygens (including phenoxy) is 3. The largest absolute Gasteiger partial charge is 0.467 e. The van der Waals surface area contributed by atoms with Crippen LogP contribution in [0, 0.1) is 5.92 Å². The molecule has 2 N–H and O–H groups in total. The fraction of sp³-hybridized carbons (Fsp3) is 0.778. The third kappa shape index (κ3) is 8.37. The Morgan fingerprint density at radius 1 is 1.29 bits per heavy atom. The number of thioether (sulfide) groups is 1. The summed E-state index contributed by atoms with van der Waals surface area (Å²) in [6.45, 7) is 8.45. The average Bonchev–Trinajstić information content (AvgIpc) is 2.88. The molecule has 0 aromatic carbocycles. The van der Waals surface area contributed by atoms with Gasteiger partial charge in [-0.15, -0.1) is 0 Å². The van der Waals surface area contributed by atoms with Gasteiger partial charge in [0.05, 0.1) is 19.1 Å². The standard InChI is InChI=1S/C18H30N2O7S/c1-10-7-12(16(23)26-10)8-28-9-13(20-17(24)27-18(3,4)5)14(21)19-11(2)15(22)25-6/h10-13H,7-9H2,1-6H3,(H,19,21)(H,20,24)/t10-,11+,12?,13-/m1/s1. The zero-order valence-electron chi connectivity index (χ0n) is 17.2. The number of amides is 2. The summed E-state index contributed by atoms with van der Waals surface area (Å²) in [5.41, 5.74) is -0.721. The minimum Gasteiger partial charge on any atom is -0.467 e. The summed E-state index contributed by atoms with van der Waals surface area (Å²) in [5.74, 6) is -0.954. The number of cyclic esters (lactones) is 1. The van der Waals surface area contributed by atoms with Crippen LogP contribution in [0.4, 0.5) is 4.79 Å². The number of alkyl carbamates (subject to hydrolysis) is 1. The third-order valence-corrected chi connectivity index (χ3v) is 5.00. The molecule has 0 aromatic rings. The Labute approximate surface area is 169 Å². The normalized spacial score (nSPS) is 21.3. The fourth-order valence-electron chi connectivity index (χ4n) is 2.49. The van der Waals surface area contributed by atoms with Crippen LogP contribution in [0.15, 0.2) is 0 Å². The maximum absolute atomic E-state index is 12.5. The van der Waals surface area contributed by atoms with Crippen LogP contribution in [-0.4, -0.2) is 66.3 Å². The van der Waals surface area contributed by atoms with E-state index in [0.717, 1.165) is 0 Å². The molecule has 1 aliphatic rings. The molecular weight excluding hydrogens is 388 g/mol. The second-order valence-corrected chi connectivity index (χ2v) is 8.74. The van der Waals surface area contributed by atoms with E-state index in [1.807, 2.05) is 6.92 Å². The molecule has 10 heteroatoms. The first-order chi connectivity index (χ1) is 12.9. The Kier molecular flexibility index (Phi) is 9.06. The molecule has 1 heterocycles. The highest BCUT2D eigenvalue weighted by atomic mass is 32.2. The van der Waals surface area contributed by atoms with Crippen LogP contribution in [0.2, 0.25) is 0 Å². The molecule has 9 nitrogen and oxygen atoms in total. The van der Waals surface area contributed by atoms with E-state index < -0.39 is 35.7 Å². The van der Waals surface area contributed by atoms with Gasteiger partial charge in [0, 0.05) is 11.5 Å². The minimum atomic E-state index is -0.943. The second-order valence-electron chi connectivity index (χ2n) is 7.67. The zero-order valence-corrected chi connectivity index (χ0v) is 18.0. The van der Waals surface area contributed by atoms with Gasteiger partial charge in [-0.25, -0.2) is 9.59 Å². The fourth-order valence-corrected chi connectivity index (χ4v) is 3.65. The van der Waals surface area contributed by atoms with E-state index in [-0.39, 0.29) is 23.7 Å². The van der Waals surface area contributed by atoms with Crippen LogP contribution in [0.5, 0.6) is 0 Å². The van der Waals surface area contributed by atoms with Gasteiger partial charge >= 0.3 is 18.0 Å². The highest BCUT2D eigenvalue weighted by Gasteiger charge is 2.33. The highest BCUT2D eigenvalue weighted by molar-refractivity contribution is 7.99. The molecule has 1 saturated heterocycles. The van der Waals surface area contributed by atoms with Crippen molar-refractivity contribution in [1.29, 1.82) is 0 Å². The van der Waals surface area contributed by atoms with E-state index in [2.05, 4.69) is 15.4 Å². The van der Waals surface area contributed by atoms with E-state index in [1.165, 1.54) is 25.8 Å². The topological polar surface area (TPSA) is 120 Å². The van der Waals surface area contributed by atoms with Gasteiger partial charge in [0.15, 0.2) is 0 Å². The minimum absolute atomic E-state index is 0.113. The van der Waals surface area contributed by atoms with E-state index in [9.17, 15) is 19.2 Å². The van der Waals surface area contributed by atoms with Crippen molar-refractivity contribution >= 4 is 35.7 Å². The van der Waals surface area contributed by atoms with Crippen LogP contribution in [0.25, 0.3) is 0 Å². The average molecular weight is 419 g/mol. The SMILES string of the molecule is COC(=O)[C@H](C)NC(=O)[C@@H](CSCC1C[C@@H](C)OC1=O)NC(=O)OC(C)(C)C. The summed E-state index contributed by atoms with van der Waals surface area (Å²) >= 11 is 1.35. The van der Waals surface area contributed by atoms with E-state index >= 15 is 0 Å². The number of rotatable bonds is 8. The molecule has 0 spiro atoms. The Hall–Kier alpha value is -1.97. The lowest BCUT2D eigenvalue weighted by atomic mass is 10.1. The highest BCUT2D eigenvalue weighted by Crippen LogP contribution is 2.24. The van der Waals surface area contributed by atoms with Gasteiger partial charge in [0.2, 0.25) is 5.91 Å². The van der Waals surface area contributed by atoms with Crippen molar-refractivity contribution in [2.24, 2.45) is 5.92 Å². The third-order valence-electron chi connectivity index (χ3n) is 3.79. The van der Waals surface area contributed by atoms with Gasteiger partial charge in [-0.1, -0.05) is 0 Å². The number of nitrogens with one attached hydrogen (secondary N) is 2. The molecule has 160 valence electrons.